The molecule has 160 valence electrons. The summed E-state index contributed by atoms with van der Waals surface area (Å²) in [4.78, 5) is 13.9. The zero-order chi connectivity index (χ0) is 21.2. The minimum atomic E-state index is -3.79. The molecule has 2 aliphatic carbocycles. The summed E-state index contributed by atoms with van der Waals surface area (Å²) in [6, 6.07) is 14.2. The number of aryl methyl sites for hydroxylation is 1. The van der Waals surface area contributed by atoms with E-state index < -0.39 is 14.6 Å². The molecule has 30 heavy (non-hydrogen) atoms. The first-order valence-corrected chi connectivity index (χ1v) is 12.2. The Kier molecular flexibility index (Phi) is 5.87. The Morgan fingerprint density at radius 2 is 1.77 bits per heavy atom. The van der Waals surface area contributed by atoms with Crippen LogP contribution < -0.4 is 10.1 Å². The molecule has 0 aromatic heterocycles. The number of hydrogen-bond acceptors (Lipinski definition) is 4. The fourth-order valence-corrected chi connectivity index (χ4v) is 7.02. The monoisotopic (exact) mass is 427 g/mol. The zero-order valence-corrected chi connectivity index (χ0v) is 18.2. The van der Waals surface area contributed by atoms with Gasteiger partial charge < -0.3 is 10.1 Å². The largest absolute Gasteiger partial charge is 0.497 e. The number of hydrogen-bond donors (Lipinski definition) is 1. The van der Waals surface area contributed by atoms with Crippen molar-refractivity contribution in [3.05, 3.63) is 59.7 Å². The number of amides is 1. The molecule has 1 N–H and O–H groups in total. The maximum atomic E-state index is 13.6. The van der Waals surface area contributed by atoms with Crippen molar-refractivity contribution in [3.63, 3.8) is 0 Å². The second kappa shape index (κ2) is 8.42. The van der Waals surface area contributed by atoms with Crippen LogP contribution in [0.5, 0.6) is 5.75 Å². The predicted molar refractivity (Wildman–Crippen MR) is 116 cm³/mol. The Labute approximate surface area is 178 Å². The lowest BCUT2D eigenvalue weighted by Gasteiger charge is -2.37. The lowest BCUT2D eigenvalue weighted by Crippen LogP contribution is -2.54. The molecule has 0 radical (unpaired) electrons. The summed E-state index contributed by atoms with van der Waals surface area (Å²) in [7, 11) is -2.15. The molecular weight excluding hydrogens is 398 g/mol. The number of nitrogens with one attached hydrogen (secondary N) is 1. The average molecular weight is 428 g/mol. The van der Waals surface area contributed by atoms with Crippen molar-refractivity contribution >= 4 is 15.7 Å². The Bertz CT molecular complexity index is 1010. The molecule has 2 aromatic carbocycles. The van der Waals surface area contributed by atoms with E-state index in [0.29, 0.717) is 12.8 Å². The molecule has 1 unspecified atom stereocenters. The summed E-state index contributed by atoms with van der Waals surface area (Å²) in [5, 5.41) is 3.14. The summed E-state index contributed by atoms with van der Waals surface area (Å²) in [6.07, 6.45) is 5.90. The Morgan fingerprint density at radius 3 is 2.47 bits per heavy atom. The molecule has 0 bridgehead atoms. The molecule has 1 amide bonds. The SMILES string of the molecule is COc1ccc2c(c1)CCCC2NC(=O)C1(S(=O)(=O)c2ccccc2)CCCCC1. The minimum Gasteiger partial charge on any atom is -0.497 e. The van der Waals surface area contributed by atoms with E-state index in [2.05, 4.69) is 5.32 Å². The number of sulfone groups is 1. The van der Waals surface area contributed by atoms with Crippen molar-refractivity contribution < 1.29 is 17.9 Å². The highest BCUT2D eigenvalue weighted by molar-refractivity contribution is 7.93. The van der Waals surface area contributed by atoms with Gasteiger partial charge in [-0.1, -0.05) is 43.5 Å². The van der Waals surface area contributed by atoms with Gasteiger partial charge in [-0.25, -0.2) is 8.42 Å². The first-order valence-electron chi connectivity index (χ1n) is 10.8. The van der Waals surface area contributed by atoms with Crippen LogP contribution in [0.15, 0.2) is 53.4 Å². The molecule has 1 saturated carbocycles. The van der Waals surface area contributed by atoms with Crippen LogP contribution in [0.25, 0.3) is 0 Å². The molecular formula is C24H29NO4S. The summed E-state index contributed by atoms with van der Waals surface area (Å²) in [5.41, 5.74) is 2.23. The molecule has 0 heterocycles. The molecule has 0 saturated heterocycles. The van der Waals surface area contributed by atoms with Crippen LogP contribution in [-0.2, 0) is 21.1 Å². The van der Waals surface area contributed by atoms with Crippen molar-refractivity contribution in [3.8, 4) is 5.75 Å². The third-order valence-corrected chi connectivity index (χ3v) is 9.13. The number of rotatable bonds is 5. The summed E-state index contributed by atoms with van der Waals surface area (Å²) in [6.45, 7) is 0. The van der Waals surface area contributed by atoms with Crippen molar-refractivity contribution in [1.29, 1.82) is 0 Å². The standard InChI is InChI=1S/C24H29NO4S/c1-29-19-13-14-21-18(17-19)9-8-12-22(21)25-23(26)24(15-6-3-7-16-24)30(27,28)20-10-4-2-5-11-20/h2,4-5,10-11,13-14,17,22H,3,6-9,12,15-16H2,1H3,(H,25,26). The summed E-state index contributed by atoms with van der Waals surface area (Å²) in [5.74, 6) is 0.454. The Morgan fingerprint density at radius 1 is 1.03 bits per heavy atom. The first kappa shape index (κ1) is 20.9. The summed E-state index contributed by atoms with van der Waals surface area (Å²) >= 11 is 0. The van der Waals surface area contributed by atoms with Gasteiger partial charge in [0.25, 0.3) is 0 Å². The minimum absolute atomic E-state index is 0.170. The lowest BCUT2D eigenvalue weighted by molar-refractivity contribution is -0.125. The Hall–Kier alpha value is -2.34. The van der Waals surface area contributed by atoms with Crippen LogP contribution >= 0.6 is 0 Å². The molecule has 0 aliphatic heterocycles. The van der Waals surface area contributed by atoms with E-state index in [1.807, 2.05) is 18.2 Å². The highest BCUT2D eigenvalue weighted by Gasteiger charge is 2.52. The van der Waals surface area contributed by atoms with Crippen molar-refractivity contribution in [1.82, 2.24) is 5.32 Å². The van der Waals surface area contributed by atoms with E-state index in [9.17, 15) is 13.2 Å². The highest BCUT2D eigenvalue weighted by atomic mass is 32.2. The number of ether oxygens (including phenoxy) is 1. The van der Waals surface area contributed by atoms with Crippen molar-refractivity contribution in [2.75, 3.05) is 7.11 Å². The number of methoxy groups -OCH3 is 1. The normalized spacial score (nSPS) is 20.8. The molecule has 0 spiro atoms. The van der Waals surface area contributed by atoms with Crippen molar-refractivity contribution in [2.45, 2.75) is 67.1 Å². The Balaban J connectivity index is 1.67. The second-order valence-electron chi connectivity index (χ2n) is 8.35. The van der Waals surface area contributed by atoms with Crippen LogP contribution in [0.4, 0.5) is 0 Å². The van der Waals surface area contributed by atoms with Crippen LogP contribution in [0.1, 0.15) is 62.1 Å². The smallest absolute Gasteiger partial charge is 0.242 e. The van der Waals surface area contributed by atoms with E-state index in [0.717, 1.165) is 55.4 Å². The molecule has 6 heteroatoms. The number of carbonyl (C=O) groups is 1. The molecule has 1 atom stereocenters. The maximum Gasteiger partial charge on any atom is 0.242 e. The first-order chi connectivity index (χ1) is 14.5. The number of carbonyl (C=O) groups excluding carboxylic acids is 1. The van der Waals surface area contributed by atoms with Gasteiger partial charge in [0.2, 0.25) is 5.91 Å². The van der Waals surface area contributed by atoms with E-state index in [1.165, 1.54) is 0 Å². The average Bonchev–Trinajstić information content (AvgIpc) is 2.79. The number of benzene rings is 2. The van der Waals surface area contributed by atoms with Gasteiger partial charge in [-0.05, 0) is 67.5 Å². The molecule has 5 nitrogen and oxygen atoms in total. The second-order valence-corrected chi connectivity index (χ2v) is 10.6. The van der Waals surface area contributed by atoms with Crippen LogP contribution in [-0.4, -0.2) is 26.2 Å². The predicted octanol–water partition coefficient (Wildman–Crippen LogP) is 4.37. The fourth-order valence-electron chi connectivity index (χ4n) is 4.92. The van der Waals surface area contributed by atoms with E-state index in [1.54, 1.807) is 37.4 Å². The van der Waals surface area contributed by atoms with Gasteiger partial charge in [0.05, 0.1) is 18.0 Å². The van der Waals surface area contributed by atoms with Gasteiger partial charge >= 0.3 is 0 Å². The third-order valence-electron chi connectivity index (χ3n) is 6.61. The van der Waals surface area contributed by atoms with Gasteiger partial charge in [0.15, 0.2) is 14.6 Å². The molecule has 2 aromatic rings. The highest BCUT2D eigenvalue weighted by Crippen LogP contribution is 2.41. The van der Waals surface area contributed by atoms with E-state index in [4.69, 9.17) is 4.74 Å². The maximum absolute atomic E-state index is 13.6. The zero-order valence-electron chi connectivity index (χ0n) is 17.4. The lowest BCUT2D eigenvalue weighted by atomic mass is 9.85. The van der Waals surface area contributed by atoms with Gasteiger partial charge in [-0.15, -0.1) is 0 Å². The van der Waals surface area contributed by atoms with Gasteiger partial charge in [0, 0.05) is 0 Å². The third kappa shape index (κ3) is 3.62. The van der Waals surface area contributed by atoms with E-state index >= 15 is 0 Å². The number of fused-ring (bicyclic) bond motifs is 1. The summed E-state index contributed by atoms with van der Waals surface area (Å²) < 4.78 is 31.2. The van der Waals surface area contributed by atoms with Crippen LogP contribution in [0.3, 0.4) is 0 Å². The van der Waals surface area contributed by atoms with Crippen LogP contribution in [0, 0.1) is 0 Å². The fraction of sp³-hybridized carbons (Fsp3) is 0.458. The molecule has 2 aliphatic rings. The van der Waals surface area contributed by atoms with Crippen LogP contribution in [0.2, 0.25) is 0 Å². The molecule has 1 fully saturated rings. The van der Waals surface area contributed by atoms with Gasteiger partial charge in [-0.3, -0.25) is 4.79 Å². The topological polar surface area (TPSA) is 72.5 Å². The van der Waals surface area contributed by atoms with Gasteiger partial charge in [-0.2, -0.15) is 0 Å². The quantitative estimate of drug-likeness (QED) is 0.769. The van der Waals surface area contributed by atoms with Crippen molar-refractivity contribution in [2.24, 2.45) is 0 Å². The van der Waals surface area contributed by atoms with Gasteiger partial charge in [0.1, 0.15) is 5.75 Å². The van der Waals surface area contributed by atoms with E-state index in [-0.39, 0.29) is 16.8 Å². The molecule has 4 rings (SSSR count).